The summed E-state index contributed by atoms with van der Waals surface area (Å²) in [6.07, 6.45) is 1.91. The number of carboxylic acid groups (broad SMARTS) is 2. The molecule has 8 heteroatoms. The number of ketones is 1. The molecule has 1 aromatic carbocycles. The lowest BCUT2D eigenvalue weighted by molar-refractivity contribution is -0.164. The van der Waals surface area contributed by atoms with Gasteiger partial charge >= 0.3 is 11.9 Å². The Hall–Kier alpha value is -2.31. The highest BCUT2D eigenvalue weighted by molar-refractivity contribution is 6.42. The molecule has 0 saturated heterocycles. The number of nitrogens with zero attached hydrogens (tertiary/aromatic N) is 1. The Kier molecular flexibility index (Phi) is 7.72. The van der Waals surface area contributed by atoms with Crippen LogP contribution in [0.25, 0.3) is 0 Å². The van der Waals surface area contributed by atoms with Crippen LogP contribution < -0.4 is 0 Å². The van der Waals surface area contributed by atoms with Gasteiger partial charge in [-0.1, -0.05) is 66.9 Å². The number of aliphatic carboxylic acids is 2. The number of carboxylic acids is 2. The molecule has 1 atom stereocenters. The zero-order valence-electron chi connectivity index (χ0n) is 17.1. The van der Waals surface area contributed by atoms with Crippen molar-refractivity contribution in [2.45, 2.75) is 52.5 Å². The first-order valence-corrected chi connectivity index (χ1v) is 10.5. The number of unbranched alkanes of at least 4 members (excludes halogenated alkanes) is 1. The summed E-state index contributed by atoms with van der Waals surface area (Å²) in [6.45, 7) is 4.79. The van der Waals surface area contributed by atoms with Crippen LogP contribution in [0.5, 0.6) is 0 Å². The molecule has 0 aliphatic rings. The van der Waals surface area contributed by atoms with Crippen molar-refractivity contribution in [3.05, 3.63) is 57.3 Å². The van der Waals surface area contributed by atoms with E-state index < -0.39 is 23.4 Å². The number of hydrogen-bond acceptors (Lipinski definition) is 3. The Labute approximate surface area is 185 Å². The van der Waals surface area contributed by atoms with E-state index >= 15 is 0 Å². The van der Waals surface area contributed by atoms with E-state index in [0.717, 1.165) is 19.8 Å². The number of rotatable bonds is 10. The molecular weight excluding hydrogens is 429 g/mol. The van der Waals surface area contributed by atoms with E-state index in [1.54, 1.807) is 37.3 Å². The van der Waals surface area contributed by atoms with Crippen LogP contribution in [0.1, 0.15) is 67.7 Å². The summed E-state index contributed by atoms with van der Waals surface area (Å²) >= 11 is 13.0. The quantitative estimate of drug-likeness (QED) is 0.365. The second-order valence-electron chi connectivity index (χ2n) is 7.60. The smallest absolute Gasteiger partial charge is 0.320 e. The summed E-state index contributed by atoms with van der Waals surface area (Å²) in [4.78, 5) is 36.7. The van der Waals surface area contributed by atoms with E-state index in [4.69, 9.17) is 23.2 Å². The average molecular weight is 454 g/mol. The molecule has 2 rings (SSSR count). The van der Waals surface area contributed by atoms with E-state index in [9.17, 15) is 24.6 Å². The van der Waals surface area contributed by atoms with Gasteiger partial charge in [-0.15, -0.1) is 0 Å². The fourth-order valence-electron chi connectivity index (χ4n) is 3.49. The van der Waals surface area contributed by atoms with E-state index in [0.29, 0.717) is 17.5 Å². The molecule has 2 aromatic rings. The van der Waals surface area contributed by atoms with Crippen molar-refractivity contribution in [3.8, 4) is 0 Å². The maximum absolute atomic E-state index is 13.4. The van der Waals surface area contributed by atoms with Crippen LogP contribution in [-0.4, -0.2) is 32.5 Å². The van der Waals surface area contributed by atoms with Crippen LogP contribution in [0.4, 0.5) is 0 Å². The van der Waals surface area contributed by atoms with Crippen molar-refractivity contribution in [1.29, 1.82) is 0 Å². The Morgan fingerprint density at radius 3 is 2.17 bits per heavy atom. The molecular formula is C22H25Cl2NO5. The zero-order valence-corrected chi connectivity index (χ0v) is 18.6. The topological polar surface area (TPSA) is 96.6 Å². The lowest BCUT2D eigenvalue weighted by Gasteiger charge is -2.26. The van der Waals surface area contributed by atoms with Gasteiger partial charge in [0.05, 0.1) is 10.7 Å². The number of hydrogen-bond donors (Lipinski definition) is 2. The maximum Gasteiger partial charge on any atom is 0.320 e. The molecule has 0 fully saturated rings. The molecule has 6 nitrogen and oxygen atoms in total. The molecule has 0 spiro atoms. The normalized spacial score (nSPS) is 12.6. The highest BCUT2D eigenvalue weighted by Gasteiger charge is 2.44. The van der Waals surface area contributed by atoms with Gasteiger partial charge in [0, 0.05) is 17.2 Å². The number of carbonyl (C=O) groups excluding carboxylic acids is 1. The fraction of sp³-hybridized carbons (Fsp3) is 0.409. The minimum absolute atomic E-state index is 0.104. The molecule has 30 heavy (non-hydrogen) atoms. The standard InChI is InChI=1S/C22H25Cl2NO5/c1-4-5-11-15-16(23)19(24)25(13(2)12-22(3,20(27)28)21(29)30)17(15)18(26)14-9-7-6-8-10-14/h6-10,13H,4-5,11-12H2,1-3H3,(H,27,28)(H,29,30). The van der Waals surface area contributed by atoms with Crippen molar-refractivity contribution < 1.29 is 24.6 Å². The Balaban J connectivity index is 2.65. The molecule has 1 aromatic heterocycles. The van der Waals surface area contributed by atoms with E-state index in [-0.39, 0.29) is 28.1 Å². The van der Waals surface area contributed by atoms with Gasteiger partial charge < -0.3 is 14.8 Å². The van der Waals surface area contributed by atoms with Crippen LogP contribution in [0.2, 0.25) is 10.2 Å². The third-order valence-electron chi connectivity index (χ3n) is 5.30. The van der Waals surface area contributed by atoms with Crippen LogP contribution in [-0.2, 0) is 16.0 Å². The predicted molar refractivity (Wildman–Crippen MR) is 116 cm³/mol. The molecule has 0 radical (unpaired) electrons. The average Bonchev–Trinajstić information content (AvgIpc) is 2.96. The van der Waals surface area contributed by atoms with Crippen molar-refractivity contribution in [2.75, 3.05) is 0 Å². The van der Waals surface area contributed by atoms with E-state index in [1.807, 2.05) is 6.92 Å². The van der Waals surface area contributed by atoms with Crippen LogP contribution >= 0.6 is 23.2 Å². The minimum Gasteiger partial charge on any atom is -0.480 e. The molecule has 162 valence electrons. The molecule has 2 N–H and O–H groups in total. The summed E-state index contributed by atoms with van der Waals surface area (Å²) < 4.78 is 1.48. The SMILES string of the molecule is CCCCc1c(Cl)c(Cl)n(C(C)CC(C)(C(=O)O)C(=O)O)c1C(=O)c1ccccc1. The minimum atomic E-state index is -2.05. The highest BCUT2D eigenvalue weighted by atomic mass is 35.5. The third-order valence-corrected chi connectivity index (χ3v) is 6.18. The van der Waals surface area contributed by atoms with Crippen LogP contribution in [0, 0.1) is 5.41 Å². The van der Waals surface area contributed by atoms with Gasteiger partial charge in [0.15, 0.2) is 5.41 Å². The molecule has 0 bridgehead atoms. The lowest BCUT2D eigenvalue weighted by Crippen LogP contribution is -2.38. The molecule has 0 amide bonds. The molecule has 0 aliphatic carbocycles. The van der Waals surface area contributed by atoms with Crippen molar-refractivity contribution in [3.63, 3.8) is 0 Å². The fourth-order valence-corrected chi connectivity index (χ4v) is 4.13. The number of benzene rings is 1. The maximum atomic E-state index is 13.4. The highest BCUT2D eigenvalue weighted by Crippen LogP contribution is 2.40. The first-order chi connectivity index (χ1) is 14.1. The van der Waals surface area contributed by atoms with Crippen LogP contribution in [0.15, 0.2) is 30.3 Å². The first-order valence-electron chi connectivity index (χ1n) is 9.70. The van der Waals surface area contributed by atoms with Crippen molar-refractivity contribution >= 4 is 40.9 Å². The Morgan fingerprint density at radius 1 is 1.10 bits per heavy atom. The van der Waals surface area contributed by atoms with E-state index in [2.05, 4.69) is 0 Å². The zero-order chi connectivity index (χ0) is 22.6. The van der Waals surface area contributed by atoms with Crippen LogP contribution in [0.3, 0.4) is 0 Å². The second kappa shape index (κ2) is 9.67. The first kappa shape index (κ1) is 24.0. The third kappa shape index (κ3) is 4.55. The lowest BCUT2D eigenvalue weighted by atomic mass is 9.84. The van der Waals surface area contributed by atoms with Gasteiger partial charge in [0.2, 0.25) is 5.78 Å². The predicted octanol–water partition coefficient (Wildman–Crippen LogP) is 5.50. The number of carbonyl (C=O) groups is 3. The number of aromatic nitrogens is 1. The summed E-state index contributed by atoms with van der Waals surface area (Å²) in [5.74, 6) is -3.22. The summed E-state index contributed by atoms with van der Waals surface area (Å²) in [7, 11) is 0. The Morgan fingerprint density at radius 2 is 1.67 bits per heavy atom. The molecule has 1 unspecified atom stereocenters. The van der Waals surface area contributed by atoms with Gasteiger partial charge in [0.25, 0.3) is 0 Å². The summed E-state index contributed by atoms with van der Waals surface area (Å²) in [6, 6.07) is 7.92. The molecule has 0 aliphatic heterocycles. The van der Waals surface area contributed by atoms with Gasteiger partial charge in [0.1, 0.15) is 5.15 Å². The van der Waals surface area contributed by atoms with Crippen molar-refractivity contribution in [1.82, 2.24) is 4.57 Å². The largest absolute Gasteiger partial charge is 0.480 e. The monoisotopic (exact) mass is 453 g/mol. The van der Waals surface area contributed by atoms with Crippen molar-refractivity contribution in [2.24, 2.45) is 5.41 Å². The van der Waals surface area contributed by atoms with Gasteiger partial charge in [-0.05, 0) is 33.1 Å². The van der Waals surface area contributed by atoms with Gasteiger partial charge in [-0.25, -0.2) is 0 Å². The summed E-state index contributed by atoms with van der Waals surface area (Å²) in [5.41, 5.74) is -0.739. The molecule has 1 heterocycles. The molecule has 0 saturated carbocycles. The van der Waals surface area contributed by atoms with Gasteiger partial charge in [-0.3, -0.25) is 14.4 Å². The second-order valence-corrected chi connectivity index (χ2v) is 8.33. The summed E-state index contributed by atoms with van der Waals surface area (Å²) in [5, 5.41) is 19.3. The van der Waals surface area contributed by atoms with E-state index in [1.165, 1.54) is 4.57 Å². The van der Waals surface area contributed by atoms with Gasteiger partial charge in [-0.2, -0.15) is 0 Å². The Bertz CT molecular complexity index is 938. The number of halogens is 2.